The molecule has 20 heavy (non-hydrogen) atoms. The first-order valence-electron chi connectivity index (χ1n) is 6.07. The Bertz CT molecular complexity index is 392. The van der Waals surface area contributed by atoms with Gasteiger partial charge in [-0.05, 0) is 18.1 Å². The summed E-state index contributed by atoms with van der Waals surface area (Å²) in [5.74, 6) is 2.79. The normalized spacial score (nSPS) is 13.5. The van der Waals surface area contributed by atoms with Crippen molar-refractivity contribution in [2.45, 2.75) is 45.0 Å². The molecular weight excluding hydrogens is 282 g/mol. The first kappa shape index (κ1) is 18.5. The summed E-state index contributed by atoms with van der Waals surface area (Å²) in [6.45, 7) is 9.72. The Morgan fingerprint density at radius 1 is 1.25 bits per heavy atom. The van der Waals surface area contributed by atoms with Crippen molar-refractivity contribution in [2.24, 2.45) is 11.6 Å². The van der Waals surface area contributed by atoms with Gasteiger partial charge in [-0.15, -0.1) is 0 Å². The van der Waals surface area contributed by atoms with Gasteiger partial charge in [0.1, 0.15) is 0 Å². The van der Waals surface area contributed by atoms with Gasteiger partial charge in [0.05, 0.1) is 6.61 Å². The Hall–Kier alpha value is -1.45. The third kappa shape index (κ3) is 5.27. The Kier molecular flexibility index (Phi) is 6.32. The number of hydrogen-bond acceptors (Lipinski definition) is 6. The molecule has 0 fully saturated rings. The van der Waals surface area contributed by atoms with Crippen LogP contribution in [0.25, 0.3) is 0 Å². The molecule has 0 bridgehead atoms. The quantitative estimate of drug-likeness (QED) is 0.208. The number of ether oxygens (including phenoxy) is 1. The molecule has 0 aromatic rings. The van der Waals surface area contributed by atoms with Crippen molar-refractivity contribution in [3.05, 3.63) is 0 Å². The van der Waals surface area contributed by atoms with E-state index in [-0.39, 0.29) is 11.6 Å². The zero-order valence-corrected chi connectivity index (χ0v) is 13.5. The number of hydrazine groups is 1. The maximum absolute atomic E-state index is 11.7. The fourth-order valence-corrected chi connectivity index (χ4v) is 2.02. The number of carbonyl (C=O) groups is 3. The third-order valence-electron chi connectivity index (χ3n) is 3.31. The van der Waals surface area contributed by atoms with Gasteiger partial charge < -0.3 is 14.9 Å². The van der Waals surface area contributed by atoms with Crippen molar-refractivity contribution in [3.63, 3.8) is 0 Å². The molecule has 9 heteroatoms. The Labute approximate surface area is 119 Å². The number of ketones is 1. The van der Waals surface area contributed by atoms with Crippen molar-refractivity contribution < 1.29 is 23.5 Å². The van der Waals surface area contributed by atoms with Gasteiger partial charge in [-0.2, -0.15) is 0 Å². The predicted molar refractivity (Wildman–Crippen MR) is 74.9 cm³/mol. The number of Topliss-reactive ketones (excluding diaryl/α,β-unsaturated/α-hetero) is 1. The lowest BCUT2D eigenvalue weighted by Gasteiger charge is -2.36. The van der Waals surface area contributed by atoms with E-state index < -0.39 is 32.2 Å². The average molecular weight is 305 g/mol. The summed E-state index contributed by atoms with van der Waals surface area (Å²) in [4.78, 5) is 33.7. The van der Waals surface area contributed by atoms with E-state index in [1.165, 1.54) is 0 Å². The molecule has 0 unspecified atom stereocenters. The SMILES string of the molecule is CC(C)(C)[Si](C)(C)OC[C@@H](OC(N)=O)C(=O)C(=O)NN. The van der Waals surface area contributed by atoms with Crippen LogP contribution in [0, 0.1) is 0 Å². The number of nitrogens with two attached hydrogens (primary N) is 2. The lowest BCUT2D eigenvalue weighted by Crippen LogP contribution is -2.49. The van der Waals surface area contributed by atoms with Crippen molar-refractivity contribution >= 4 is 26.1 Å². The molecule has 5 N–H and O–H groups in total. The van der Waals surface area contributed by atoms with Gasteiger partial charge in [0.25, 0.3) is 5.78 Å². The minimum atomic E-state index is -2.16. The van der Waals surface area contributed by atoms with Crippen LogP contribution < -0.4 is 17.0 Å². The van der Waals surface area contributed by atoms with Gasteiger partial charge in [-0.3, -0.25) is 15.0 Å². The van der Waals surface area contributed by atoms with Crippen LogP contribution >= 0.6 is 0 Å². The minimum absolute atomic E-state index is 0.0938. The van der Waals surface area contributed by atoms with Crippen molar-refractivity contribution in [1.29, 1.82) is 0 Å². The second-order valence-corrected chi connectivity index (χ2v) is 10.6. The zero-order valence-electron chi connectivity index (χ0n) is 12.5. The second kappa shape index (κ2) is 6.82. The van der Waals surface area contributed by atoms with E-state index in [9.17, 15) is 14.4 Å². The minimum Gasteiger partial charge on any atom is -0.435 e. The van der Waals surface area contributed by atoms with Gasteiger partial charge in [-0.1, -0.05) is 20.8 Å². The molecule has 8 nitrogen and oxygen atoms in total. The van der Waals surface area contributed by atoms with Gasteiger partial charge in [0, 0.05) is 0 Å². The summed E-state index contributed by atoms with van der Waals surface area (Å²) in [7, 11) is -2.16. The summed E-state index contributed by atoms with van der Waals surface area (Å²) < 4.78 is 10.4. The van der Waals surface area contributed by atoms with E-state index in [1.807, 2.05) is 33.9 Å². The first-order chi connectivity index (χ1) is 8.92. The number of hydrogen-bond donors (Lipinski definition) is 3. The first-order valence-corrected chi connectivity index (χ1v) is 8.98. The molecule has 0 aliphatic carbocycles. The fourth-order valence-electron chi connectivity index (χ4n) is 1.02. The highest BCUT2D eigenvalue weighted by Crippen LogP contribution is 2.36. The molecule has 0 radical (unpaired) electrons. The maximum Gasteiger partial charge on any atom is 0.405 e. The van der Waals surface area contributed by atoms with Gasteiger partial charge in [0.15, 0.2) is 14.4 Å². The highest BCUT2D eigenvalue weighted by atomic mass is 28.4. The molecule has 0 aliphatic rings. The van der Waals surface area contributed by atoms with E-state index in [0.717, 1.165) is 0 Å². The highest BCUT2D eigenvalue weighted by molar-refractivity contribution is 6.74. The average Bonchev–Trinajstić information content (AvgIpc) is 2.30. The number of rotatable bonds is 6. The fraction of sp³-hybridized carbons (Fsp3) is 0.727. The summed E-state index contributed by atoms with van der Waals surface area (Å²) in [6, 6.07) is 0. The highest BCUT2D eigenvalue weighted by Gasteiger charge is 2.39. The molecule has 0 aliphatic heterocycles. The molecule has 0 heterocycles. The number of amides is 2. The van der Waals surface area contributed by atoms with Crippen LogP contribution in [0.3, 0.4) is 0 Å². The molecule has 116 valence electrons. The predicted octanol–water partition coefficient (Wildman–Crippen LogP) is 0.0311. The standard InChI is InChI=1S/C11H23N3O5Si/c1-11(2,3)20(4,5)18-6-7(19-10(12)17)8(15)9(16)14-13/h7H,6,13H2,1-5H3,(H2,12,17)(H,14,16)/t7-/m1/s1. The van der Waals surface area contributed by atoms with Gasteiger partial charge in [-0.25, -0.2) is 10.6 Å². The Morgan fingerprint density at radius 3 is 2.10 bits per heavy atom. The smallest absolute Gasteiger partial charge is 0.405 e. The van der Waals surface area contributed by atoms with E-state index in [2.05, 4.69) is 4.74 Å². The number of primary amides is 1. The van der Waals surface area contributed by atoms with Crippen LogP contribution in [0.15, 0.2) is 0 Å². The van der Waals surface area contributed by atoms with Crippen LogP contribution in [-0.4, -0.2) is 38.8 Å². The molecule has 0 saturated carbocycles. The summed E-state index contributed by atoms with van der Waals surface area (Å²) >= 11 is 0. The van der Waals surface area contributed by atoms with Crippen molar-refractivity contribution in [1.82, 2.24) is 5.43 Å². The van der Waals surface area contributed by atoms with Crippen LogP contribution in [0.1, 0.15) is 20.8 Å². The van der Waals surface area contributed by atoms with Crippen LogP contribution in [0.4, 0.5) is 4.79 Å². The molecule has 0 aromatic carbocycles. The van der Waals surface area contributed by atoms with Crippen LogP contribution in [0.5, 0.6) is 0 Å². The topological polar surface area (TPSA) is 134 Å². The lowest BCUT2D eigenvalue weighted by molar-refractivity contribution is -0.143. The Balaban J connectivity index is 4.89. The summed E-state index contributed by atoms with van der Waals surface area (Å²) in [5, 5.41) is -0.0938. The second-order valence-electron chi connectivity index (χ2n) is 5.83. The van der Waals surface area contributed by atoms with Crippen LogP contribution in [0.2, 0.25) is 18.1 Å². The molecule has 0 saturated heterocycles. The third-order valence-corrected chi connectivity index (χ3v) is 7.81. The molecule has 0 rings (SSSR count). The molecule has 0 aromatic heterocycles. The van der Waals surface area contributed by atoms with Crippen LogP contribution in [-0.2, 0) is 18.8 Å². The van der Waals surface area contributed by atoms with E-state index >= 15 is 0 Å². The van der Waals surface area contributed by atoms with E-state index in [0.29, 0.717) is 0 Å². The Morgan fingerprint density at radius 2 is 1.75 bits per heavy atom. The number of nitrogens with one attached hydrogen (secondary N) is 1. The van der Waals surface area contributed by atoms with Gasteiger partial charge >= 0.3 is 12.0 Å². The van der Waals surface area contributed by atoms with E-state index in [1.54, 1.807) is 5.43 Å². The summed E-state index contributed by atoms with van der Waals surface area (Å²) in [5.41, 5.74) is 6.56. The molecule has 1 atom stereocenters. The van der Waals surface area contributed by atoms with Crippen molar-refractivity contribution in [2.75, 3.05) is 6.61 Å². The molecule has 2 amide bonds. The number of carbonyl (C=O) groups excluding carboxylic acids is 3. The largest absolute Gasteiger partial charge is 0.435 e. The molecular formula is C11H23N3O5Si. The maximum atomic E-state index is 11.7. The summed E-state index contributed by atoms with van der Waals surface area (Å²) in [6.07, 6.45) is -2.56. The zero-order chi connectivity index (χ0) is 16.1. The van der Waals surface area contributed by atoms with E-state index in [4.69, 9.17) is 16.0 Å². The lowest BCUT2D eigenvalue weighted by atomic mass is 10.2. The molecule has 0 spiro atoms. The van der Waals surface area contributed by atoms with Crippen molar-refractivity contribution in [3.8, 4) is 0 Å². The van der Waals surface area contributed by atoms with Gasteiger partial charge in [0.2, 0.25) is 0 Å². The monoisotopic (exact) mass is 305 g/mol.